The SMILES string of the molecule is CC1(C)C2CCC1(C)C(NCc1csc3ccccc13)C2. The molecule has 2 aliphatic rings. The van der Waals surface area contributed by atoms with Crippen molar-refractivity contribution in [2.24, 2.45) is 16.7 Å². The van der Waals surface area contributed by atoms with Crippen LogP contribution in [0.2, 0.25) is 0 Å². The number of thiophene rings is 1. The first-order valence-corrected chi connectivity index (χ1v) is 9.09. The molecule has 1 heterocycles. The molecule has 1 aromatic carbocycles. The second-order valence-corrected chi connectivity index (χ2v) is 8.71. The minimum absolute atomic E-state index is 0.476. The molecule has 2 fully saturated rings. The van der Waals surface area contributed by atoms with Crippen molar-refractivity contribution in [3.63, 3.8) is 0 Å². The number of fused-ring (bicyclic) bond motifs is 3. The van der Waals surface area contributed by atoms with Gasteiger partial charge in [0.05, 0.1) is 0 Å². The maximum Gasteiger partial charge on any atom is 0.0346 e. The lowest BCUT2D eigenvalue weighted by Crippen LogP contribution is -2.44. The van der Waals surface area contributed by atoms with Gasteiger partial charge in [-0.2, -0.15) is 0 Å². The van der Waals surface area contributed by atoms with E-state index in [0.29, 0.717) is 16.9 Å². The van der Waals surface area contributed by atoms with Gasteiger partial charge in [0.15, 0.2) is 0 Å². The Morgan fingerprint density at radius 2 is 2.05 bits per heavy atom. The Bertz CT molecular complexity index is 671. The van der Waals surface area contributed by atoms with E-state index in [9.17, 15) is 0 Å². The summed E-state index contributed by atoms with van der Waals surface area (Å²) in [4.78, 5) is 0. The van der Waals surface area contributed by atoms with E-state index in [1.165, 1.54) is 34.9 Å². The predicted molar refractivity (Wildman–Crippen MR) is 91.7 cm³/mol. The average Bonchev–Trinajstić information content (AvgIpc) is 3.03. The molecule has 2 aliphatic carbocycles. The Morgan fingerprint density at radius 1 is 1.24 bits per heavy atom. The third-order valence-corrected chi connectivity index (χ3v) is 7.91. The van der Waals surface area contributed by atoms with Crippen molar-refractivity contribution >= 4 is 21.4 Å². The van der Waals surface area contributed by atoms with Crippen LogP contribution in [0, 0.1) is 16.7 Å². The lowest BCUT2D eigenvalue weighted by Gasteiger charge is -2.39. The molecule has 3 atom stereocenters. The van der Waals surface area contributed by atoms with E-state index in [2.05, 4.69) is 55.7 Å². The third-order valence-electron chi connectivity index (χ3n) is 6.89. The molecule has 0 aliphatic heterocycles. The van der Waals surface area contributed by atoms with Gasteiger partial charge in [-0.1, -0.05) is 39.0 Å². The van der Waals surface area contributed by atoms with Gasteiger partial charge in [0.25, 0.3) is 0 Å². The lowest BCUT2D eigenvalue weighted by molar-refractivity contribution is 0.120. The molecule has 112 valence electrons. The zero-order valence-electron chi connectivity index (χ0n) is 13.3. The molecule has 0 saturated heterocycles. The summed E-state index contributed by atoms with van der Waals surface area (Å²) in [7, 11) is 0. The predicted octanol–water partition coefficient (Wildman–Crippen LogP) is 5.21. The minimum Gasteiger partial charge on any atom is -0.309 e. The van der Waals surface area contributed by atoms with Gasteiger partial charge in [-0.15, -0.1) is 11.3 Å². The van der Waals surface area contributed by atoms with Crippen LogP contribution in [0.1, 0.15) is 45.6 Å². The fourth-order valence-corrected chi connectivity index (χ4v) is 5.88. The molecule has 2 bridgehead atoms. The normalized spacial score (nSPS) is 33.9. The van der Waals surface area contributed by atoms with Crippen LogP contribution in [0.4, 0.5) is 0 Å². The van der Waals surface area contributed by atoms with Crippen molar-refractivity contribution in [3.05, 3.63) is 35.2 Å². The molecule has 1 N–H and O–H groups in total. The number of rotatable bonds is 3. The fraction of sp³-hybridized carbons (Fsp3) is 0.579. The van der Waals surface area contributed by atoms with Crippen LogP contribution in [0.25, 0.3) is 10.1 Å². The lowest BCUT2D eigenvalue weighted by atomic mass is 9.69. The van der Waals surface area contributed by atoms with Crippen molar-refractivity contribution in [2.45, 2.75) is 52.6 Å². The van der Waals surface area contributed by atoms with Gasteiger partial charge in [-0.25, -0.2) is 0 Å². The first kappa shape index (κ1) is 13.8. The number of benzene rings is 1. The molecule has 0 radical (unpaired) electrons. The number of hydrogen-bond donors (Lipinski definition) is 1. The quantitative estimate of drug-likeness (QED) is 0.820. The average molecular weight is 299 g/mol. The molecule has 21 heavy (non-hydrogen) atoms. The van der Waals surface area contributed by atoms with E-state index in [4.69, 9.17) is 0 Å². The van der Waals surface area contributed by atoms with Crippen molar-refractivity contribution in [2.75, 3.05) is 0 Å². The highest BCUT2D eigenvalue weighted by Gasteiger charge is 2.60. The Labute approximate surface area is 131 Å². The number of nitrogens with one attached hydrogen (secondary N) is 1. The minimum atomic E-state index is 0.476. The highest BCUT2D eigenvalue weighted by atomic mass is 32.1. The zero-order chi connectivity index (χ0) is 14.7. The molecule has 0 spiro atoms. The molecule has 1 nitrogen and oxygen atoms in total. The van der Waals surface area contributed by atoms with Crippen molar-refractivity contribution in [3.8, 4) is 0 Å². The molecule has 1 aromatic heterocycles. The van der Waals surface area contributed by atoms with Crippen LogP contribution in [0.5, 0.6) is 0 Å². The van der Waals surface area contributed by atoms with Gasteiger partial charge in [0, 0.05) is 17.3 Å². The van der Waals surface area contributed by atoms with E-state index in [-0.39, 0.29) is 0 Å². The zero-order valence-corrected chi connectivity index (χ0v) is 14.1. The fourth-order valence-electron chi connectivity index (χ4n) is 4.92. The van der Waals surface area contributed by atoms with Gasteiger partial charge >= 0.3 is 0 Å². The first-order valence-electron chi connectivity index (χ1n) is 8.21. The van der Waals surface area contributed by atoms with E-state index < -0.39 is 0 Å². The summed E-state index contributed by atoms with van der Waals surface area (Å²) in [6.45, 7) is 8.52. The monoisotopic (exact) mass is 299 g/mol. The Morgan fingerprint density at radius 3 is 2.76 bits per heavy atom. The topological polar surface area (TPSA) is 12.0 Å². The maximum absolute atomic E-state index is 3.91. The molecular weight excluding hydrogens is 274 g/mol. The standard InChI is InChI=1S/C19H25NS/c1-18(2)14-8-9-19(18,3)17(10-14)20-11-13-12-21-16-7-5-4-6-15(13)16/h4-7,12,14,17,20H,8-11H2,1-3H3. The molecule has 3 unspecified atom stereocenters. The smallest absolute Gasteiger partial charge is 0.0346 e. The Hall–Kier alpha value is -0.860. The maximum atomic E-state index is 3.91. The summed E-state index contributed by atoms with van der Waals surface area (Å²) in [5.41, 5.74) is 2.45. The summed E-state index contributed by atoms with van der Waals surface area (Å²) in [5.74, 6) is 0.916. The Balaban J connectivity index is 1.53. The van der Waals surface area contributed by atoms with E-state index >= 15 is 0 Å². The molecular formula is C19H25NS. The van der Waals surface area contributed by atoms with Crippen LogP contribution in [0.15, 0.2) is 29.6 Å². The van der Waals surface area contributed by atoms with Crippen molar-refractivity contribution in [1.82, 2.24) is 5.32 Å². The Kier molecular flexibility index (Phi) is 3.00. The second kappa shape index (κ2) is 4.57. The van der Waals surface area contributed by atoms with E-state index in [0.717, 1.165) is 12.5 Å². The van der Waals surface area contributed by atoms with Crippen LogP contribution in [-0.2, 0) is 6.54 Å². The molecule has 2 heteroatoms. The van der Waals surface area contributed by atoms with Crippen LogP contribution in [0.3, 0.4) is 0 Å². The highest BCUT2D eigenvalue weighted by Crippen LogP contribution is 2.65. The van der Waals surface area contributed by atoms with Gasteiger partial charge in [0.2, 0.25) is 0 Å². The number of hydrogen-bond acceptors (Lipinski definition) is 2. The summed E-state index contributed by atoms with van der Waals surface area (Å²) >= 11 is 1.87. The largest absolute Gasteiger partial charge is 0.309 e. The summed E-state index contributed by atoms with van der Waals surface area (Å²) in [5, 5.41) is 7.67. The van der Waals surface area contributed by atoms with Crippen molar-refractivity contribution in [1.29, 1.82) is 0 Å². The summed E-state index contributed by atoms with van der Waals surface area (Å²) < 4.78 is 1.41. The van der Waals surface area contributed by atoms with Gasteiger partial charge in [-0.05, 0) is 58.4 Å². The molecule has 2 aromatic rings. The van der Waals surface area contributed by atoms with Crippen molar-refractivity contribution < 1.29 is 0 Å². The summed E-state index contributed by atoms with van der Waals surface area (Å²) in [6.07, 6.45) is 4.20. The molecule has 2 saturated carbocycles. The molecule has 4 rings (SSSR count). The van der Waals surface area contributed by atoms with Crippen LogP contribution >= 0.6 is 11.3 Å². The van der Waals surface area contributed by atoms with Crippen LogP contribution < -0.4 is 5.32 Å². The second-order valence-electron chi connectivity index (χ2n) is 7.80. The molecule has 0 amide bonds. The van der Waals surface area contributed by atoms with Crippen LogP contribution in [-0.4, -0.2) is 6.04 Å². The highest BCUT2D eigenvalue weighted by molar-refractivity contribution is 7.17. The van der Waals surface area contributed by atoms with E-state index in [1.807, 2.05) is 11.3 Å². The van der Waals surface area contributed by atoms with Gasteiger partial charge < -0.3 is 5.32 Å². The summed E-state index contributed by atoms with van der Waals surface area (Å²) in [6, 6.07) is 9.46. The van der Waals surface area contributed by atoms with Gasteiger partial charge in [-0.3, -0.25) is 0 Å². The van der Waals surface area contributed by atoms with E-state index in [1.54, 1.807) is 0 Å². The van der Waals surface area contributed by atoms with Gasteiger partial charge in [0.1, 0.15) is 0 Å². The first-order chi connectivity index (χ1) is 10.0. The third kappa shape index (κ3) is 1.85.